The Morgan fingerprint density at radius 1 is 0.886 bits per heavy atom. The predicted octanol–water partition coefficient (Wildman–Crippen LogP) is 3.68. The molecule has 0 bridgehead atoms. The molecule has 3 aromatic rings. The Balaban J connectivity index is 1.85. The molecule has 0 aliphatic carbocycles. The second-order valence-electron chi connectivity index (χ2n) is 7.95. The third-order valence-electron chi connectivity index (χ3n) is 5.03. The lowest BCUT2D eigenvalue weighted by atomic mass is 10.0. The van der Waals surface area contributed by atoms with Crippen molar-refractivity contribution >= 4 is 50.6 Å². The molecule has 182 valence electrons. The van der Waals surface area contributed by atoms with Gasteiger partial charge in [-0.05, 0) is 42.5 Å². The Kier molecular flexibility index (Phi) is 7.93. The van der Waals surface area contributed by atoms with Crippen LogP contribution in [0.25, 0.3) is 0 Å². The Morgan fingerprint density at radius 3 is 2.09 bits per heavy atom. The number of anilines is 2. The van der Waals surface area contributed by atoms with Gasteiger partial charge in [-0.15, -0.1) is 0 Å². The zero-order chi connectivity index (χ0) is 25.8. The van der Waals surface area contributed by atoms with Crippen molar-refractivity contribution in [1.29, 1.82) is 0 Å². The summed E-state index contributed by atoms with van der Waals surface area (Å²) in [6.45, 7) is -0.540. The number of ketones is 1. The largest absolute Gasteiger partial charge is 0.345 e. The lowest BCUT2D eigenvalue weighted by Crippen LogP contribution is -2.37. The molecular formula is C25H24ClN3O5S. The molecule has 35 heavy (non-hydrogen) atoms. The van der Waals surface area contributed by atoms with E-state index in [9.17, 15) is 22.8 Å². The Bertz CT molecular complexity index is 1360. The van der Waals surface area contributed by atoms with Crippen LogP contribution in [0.3, 0.4) is 0 Å². The first-order valence-corrected chi connectivity index (χ1v) is 12.7. The van der Waals surface area contributed by atoms with Crippen LogP contribution in [0.15, 0.2) is 72.8 Å². The Labute approximate surface area is 209 Å². The Morgan fingerprint density at radius 2 is 1.51 bits per heavy atom. The number of nitrogens with one attached hydrogen (secondary N) is 1. The molecular weight excluding hydrogens is 490 g/mol. The molecule has 0 unspecified atom stereocenters. The van der Waals surface area contributed by atoms with Gasteiger partial charge in [0.1, 0.15) is 6.54 Å². The predicted molar refractivity (Wildman–Crippen MR) is 137 cm³/mol. The van der Waals surface area contributed by atoms with E-state index in [0.29, 0.717) is 16.1 Å². The van der Waals surface area contributed by atoms with E-state index in [-0.39, 0.29) is 28.6 Å². The number of hydrogen-bond donors (Lipinski definition) is 1. The van der Waals surface area contributed by atoms with Crippen LogP contribution in [0.5, 0.6) is 0 Å². The molecule has 0 spiro atoms. The summed E-state index contributed by atoms with van der Waals surface area (Å²) in [6, 6.07) is 18.9. The molecule has 0 heterocycles. The van der Waals surface area contributed by atoms with E-state index in [1.54, 1.807) is 44.4 Å². The fraction of sp³-hybridized carbons (Fsp3) is 0.160. The van der Waals surface area contributed by atoms with Gasteiger partial charge in [-0.25, -0.2) is 8.42 Å². The molecule has 10 heteroatoms. The second-order valence-corrected chi connectivity index (χ2v) is 10.3. The number of sulfonamides is 1. The number of amides is 2. The zero-order valence-corrected chi connectivity index (χ0v) is 20.9. The van der Waals surface area contributed by atoms with Crippen molar-refractivity contribution < 1.29 is 22.8 Å². The molecule has 0 aliphatic heterocycles. The highest BCUT2D eigenvalue weighted by Crippen LogP contribution is 2.25. The molecule has 0 atom stereocenters. The van der Waals surface area contributed by atoms with Gasteiger partial charge in [-0.1, -0.05) is 41.9 Å². The lowest BCUT2D eigenvalue weighted by molar-refractivity contribution is -0.114. The van der Waals surface area contributed by atoms with Crippen LogP contribution in [0, 0.1) is 0 Å². The summed E-state index contributed by atoms with van der Waals surface area (Å²) < 4.78 is 25.8. The number of hydrogen-bond acceptors (Lipinski definition) is 5. The highest BCUT2D eigenvalue weighted by molar-refractivity contribution is 7.92. The molecule has 8 nitrogen and oxygen atoms in total. The normalized spacial score (nSPS) is 11.0. The molecule has 0 fully saturated rings. The van der Waals surface area contributed by atoms with Crippen molar-refractivity contribution in [2.45, 2.75) is 0 Å². The lowest BCUT2D eigenvalue weighted by Gasteiger charge is -2.22. The minimum Gasteiger partial charge on any atom is -0.345 e. The smallest absolute Gasteiger partial charge is 0.253 e. The molecule has 3 rings (SSSR count). The number of rotatable bonds is 8. The molecule has 0 aromatic heterocycles. The summed E-state index contributed by atoms with van der Waals surface area (Å²) in [5, 5.41) is 2.93. The van der Waals surface area contributed by atoms with Crippen LogP contribution in [0.2, 0.25) is 5.02 Å². The topological polar surface area (TPSA) is 104 Å². The molecule has 0 aliphatic rings. The van der Waals surface area contributed by atoms with Gasteiger partial charge in [0.2, 0.25) is 15.9 Å². The highest BCUT2D eigenvalue weighted by atomic mass is 35.5. The monoisotopic (exact) mass is 513 g/mol. The first-order chi connectivity index (χ1) is 16.5. The minimum atomic E-state index is -3.84. The van der Waals surface area contributed by atoms with Crippen LogP contribution < -0.4 is 9.62 Å². The van der Waals surface area contributed by atoms with Crippen LogP contribution in [-0.2, 0) is 14.8 Å². The molecule has 3 aromatic carbocycles. The van der Waals surface area contributed by atoms with E-state index in [4.69, 9.17) is 11.6 Å². The van der Waals surface area contributed by atoms with E-state index in [1.807, 2.05) is 0 Å². The number of nitrogens with zero attached hydrogens (tertiary/aromatic N) is 2. The first-order valence-electron chi connectivity index (χ1n) is 10.5. The number of carbonyl (C=O) groups excluding carboxylic acids is 3. The molecule has 2 amide bonds. The van der Waals surface area contributed by atoms with Crippen LogP contribution in [-0.4, -0.2) is 57.8 Å². The summed E-state index contributed by atoms with van der Waals surface area (Å²) in [4.78, 5) is 39.4. The number of benzene rings is 3. The van der Waals surface area contributed by atoms with Gasteiger partial charge in [0.15, 0.2) is 5.78 Å². The van der Waals surface area contributed by atoms with Gasteiger partial charge >= 0.3 is 0 Å². The maximum absolute atomic E-state index is 13.0. The summed E-state index contributed by atoms with van der Waals surface area (Å²) in [7, 11) is -0.626. The molecule has 1 N–H and O–H groups in total. The van der Waals surface area contributed by atoms with Crippen molar-refractivity contribution in [3.63, 3.8) is 0 Å². The second kappa shape index (κ2) is 10.7. The summed E-state index contributed by atoms with van der Waals surface area (Å²) >= 11 is 6.08. The highest BCUT2D eigenvalue weighted by Gasteiger charge is 2.23. The Hall–Kier alpha value is -3.69. The fourth-order valence-electron chi connectivity index (χ4n) is 3.31. The zero-order valence-electron chi connectivity index (χ0n) is 19.4. The van der Waals surface area contributed by atoms with Crippen molar-refractivity contribution in [2.24, 2.45) is 0 Å². The van der Waals surface area contributed by atoms with Crippen molar-refractivity contribution in [3.05, 3.63) is 94.5 Å². The summed E-state index contributed by atoms with van der Waals surface area (Å²) in [5.41, 5.74) is 1.38. The van der Waals surface area contributed by atoms with E-state index in [0.717, 1.165) is 10.6 Å². The molecule has 0 saturated carbocycles. The standard InChI is InChI=1S/C25H24ClN3O5S/c1-28(2)25(32)18-9-12-20(13-10-18)29(35(3,33)34)16-23(30)27-22-14-11-19(26)15-21(22)24(31)17-7-5-4-6-8-17/h4-15H,16H2,1-3H3,(H,27,30). The average molecular weight is 514 g/mol. The van der Waals surface area contributed by atoms with Gasteiger partial charge in [0.25, 0.3) is 5.91 Å². The van der Waals surface area contributed by atoms with Crippen LogP contribution in [0.1, 0.15) is 26.3 Å². The van der Waals surface area contributed by atoms with Gasteiger partial charge in [-0.3, -0.25) is 18.7 Å². The van der Waals surface area contributed by atoms with Gasteiger partial charge < -0.3 is 10.2 Å². The quantitative estimate of drug-likeness (QED) is 0.463. The fourth-order valence-corrected chi connectivity index (χ4v) is 4.34. The van der Waals surface area contributed by atoms with E-state index >= 15 is 0 Å². The minimum absolute atomic E-state index is 0.175. The van der Waals surface area contributed by atoms with Gasteiger partial charge in [-0.2, -0.15) is 0 Å². The third-order valence-corrected chi connectivity index (χ3v) is 6.41. The van der Waals surface area contributed by atoms with Crippen molar-refractivity contribution in [1.82, 2.24) is 4.90 Å². The number of halogens is 1. The maximum Gasteiger partial charge on any atom is 0.253 e. The maximum atomic E-state index is 13.0. The van der Waals surface area contributed by atoms with Crippen molar-refractivity contribution in [2.75, 3.05) is 36.5 Å². The number of carbonyl (C=O) groups is 3. The van der Waals surface area contributed by atoms with Crippen molar-refractivity contribution in [3.8, 4) is 0 Å². The van der Waals surface area contributed by atoms with E-state index < -0.39 is 22.5 Å². The van der Waals surface area contributed by atoms with Gasteiger partial charge in [0.05, 0.1) is 17.6 Å². The molecule has 0 saturated heterocycles. The summed E-state index contributed by atoms with van der Waals surface area (Å²) in [5.74, 6) is -1.24. The van der Waals surface area contributed by atoms with E-state index in [1.165, 1.54) is 47.4 Å². The van der Waals surface area contributed by atoms with Crippen LogP contribution >= 0.6 is 11.6 Å². The summed E-state index contributed by atoms with van der Waals surface area (Å²) in [6.07, 6.45) is 0.978. The SMILES string of the molecule is CN(C)C(=O)c1ccc(N(CC(=O)Nc2ccc(Cl)cc2C(=O)c2ccccc2)S(C)(=O)=O)cc1. The first kappa shape index (κ1) is 25.9. The molecule has 0 radical (unpaired) electrons. The van der Waals surface area contributed by atoms with Gasteiger partial charge in [0, 0.05) is 35.8 Å². The third kappa shape index (κ3) is 6.46. The van der Waals surface area contributed by atoms with E-state index in [2.05, 4.69) is 5.32 Å². The average Bonchev–Trinajstić information content (AvgIpc) is 2.82. The van der Waals surface area contributed by atoms with Crippen LogP contribution in [0.4, 0.5) is 11.4 Å².